The minimum absolute atomic E-state index is 0.298. The first-order chi connectivity index (χ1) is 13.2. The van der Waals surface area contributed by atoms with Crippen molar-refractivity contribution in [2.45, 2.75) is 51.4 Å². The van der Waals surface area contributed by atoms with Gasteiger partial charge < -0.3 is 5.11 Å². The van der Waals surface area contributed by atoms with E-state index >= 15 is 0 Å². The van der Waals surface area contributed by atoms with Crippen molar-refractivity contribution in [2.24, 2.45) is 5.92 Å². The second-order valence-corrected chi connectivity index (χ2v) is 7.96. The molecule has 0 aromatic heterocycles. The van der Waals surface area contributed by atoms with Crippen LogP contribution in [-0.4, -0.2) is 5.11 Å². The molecule has 3 aromatic carbocycles. The first-order valence-corrected chi connectivity index (χ1v) is 10.2. The number of rotatable bonds is 4. The molecular weight excluding hydrogens is 335 g/mol. The van der Waals surface area contributed by atoms with E-state index < -0.39 is 5.82 Å². The maximum absolute atomic E-state index is 14.0. The van der Waals surface area contributed by atoms with Crippen LogP contribution in [0.4, 0.5) is 4.39 Å². The van der Waals surface area contributed by atoms with Crippen LogP contribution in [0.25, 0.3) is 21.9 Å². The summed E-state index contributed by atoms with van der Waals surface area (Å²) in [5.41, 5.74) is 3.67. The Hall–Kier alpha value is -2.35. The van der Waals surface area contributed by atoms with E-state index in [2.05, 4.69) is 31.2 Å². The third kappa shape index (κ3) is 3.71. The molecule has 0 amide bonds. The number of fused-ring (bicyclic) bond motifs is 1. The van der Waals surface area contributed by atoms with Gasteiger partial charge in [0.25, 0.3) is 0 Å². The fraction of sp³-hybridized carbons (Fsp3) is 0.360. The lowest BCUT2D eigenvalue weighted by Gasteiger charge is -2.28. The lowest BCUT2D eigenvalue weighted by molar-refractivity contribution is 0.308. The molecule has 0 radical (unpaired) electrons. The number of halogens is 1. The summed E-state index contributed by atoms with van der Waals surface area (Å²) in [5.74, 6) is 0.783. The second-order valence-electron chi connectivity index (χ2n) is 7.96. The molecule has 140 valence electrons. The molecule has 0 bridgehead atoms. The summed E-state index contributed by atoms with van der Waals surface area (Å²) in [4.78, 5) is 0. The van der Waals surface area contributed by atoms with E-state index in [1.807, 2.05) is 12.1 Å². The maximum Gasteiger partial charge on any atom is 0.172 e. The maximum atomic E-state index is 14.0. The summed E-state index contributed by atoms with van der Waals surface area (Å²) in [7, 11) is 0. The van der Waals surface area contributed by atoms with Crippen LogP contribution < -0.4 is 0 Å². The smallest absolute Gasteiger partial charge is 0.172 e. The SMILES string of the molecule is CCCC1CCC(c2ccc(-c3ccc4c(F)c(O)ccc4c3)cc2)CC1. The molecule has 2 heteroatoms. The van der Waals surface area contributed by atoms with Gasteiger partial charge in [-0.1, -0.05) is 62.2 Å². The average molecular weight is 362 g/mol. The molecule has 4 rings (SSSR count). The van der Waals surface area contributed by atoms with Gasteiger partial charge in [-0.3, -0.25) is 0 Å². The van der Waals surface area contributed by atoms with Crippen molar-refractivity contribution < 1.29 is 9.50 Å². The molecule has 0 atom stereocenters. The molecule has 0 saturated heterocycles. The van der Waals surface area contributed by atoms with E-state index in [-0.39, 0.29) is 5.75 Å². The molecule has 1 N–H and O–H groups in total. The Morgan fingerprint density at radius 2 is 1.59 bits per heavy atom. The van der Waals surface area contributed by atoms with E-state index in [9.17, 15) is 9.50 Å². The van der Waals surface area contributed by atoms with Crippen molar-refractivity contribution in [1.82, 2.24) is 0 Å². The van der Waals surface area contributed by atoms with E-state index in [0.717, 1.165) is 22.4 Å². The molecular formula is C25H27FO. The third-order valence-corrected chi connectivity index (χ3v) is 6.19. The van der Waals surface area contributed by atoms with Gasteiger partial charge in [0.2, 0.25) is 0 Å². The van der Waals surface area contributed by atoms with Crippen molar-refractivity contribution in [3.63, 3.8) is 0 Å². The van der Waals surface area contributed by atoms with Gasteiger partial charge >= 0.3 is 0 Å². The number of aromatic hydroxyl groups is 1. The predicted molar refractivity (Wildman–Crippen MR) is 111 cm³/mol. The summed E-state index contributed by atoms with van der Waals surface area (Å²) in [6.07, 6.45) is 8.03. The van der Waals surface area contributed by atoms with Crippen molar-refractivity contribution in [3.8, 4) is 16.9 Å². The minimum atomic E-state index is -0.548. The van der Waals surface area contributed by atoms with E-state index in [0.29, 0.717) is 11.3 Å². The first-order valence-electron chi connectivity index (χ1n) is 10.2. The number of hydrogen-bond donors (Lipinski definition) is 1. The van der Waals surface area contributed by atoms with Gasteiger partial charge in [-0.15, -0.1) is 0 Å². The van der Waals surface area contributed by atoms with Crippen LogP contribution in [0, 0.1) is 11.7 Å². The number of benzene rings is 3. The van der Waals surface area contributed by atoms with Crippen molar-refractivity contribution in [1.29, 1.82) is 0 Å². The zero-order valence-corrected chi connectivity index (χ0v) is 15.9. The molecule has 1 nitrogen and oxygen atoms in total. The summed E-state index contributed by atoms with van der Waals surface area (Å²) in [5, 5.41) is 10.8. The standard InChI is InChI=1S/C25H27FO/c1-2-3-17-4-6-18(7-5-17)19-8-10-20(11-9-19)21-12-14-23-22(16-21)13-15-24(27)25(23)26/h8-18,27H,2-7H2,1H3. The Balaban J connectivity index is 1.52. The minimum Gasteiger partial charge on any atom is -0.505 e. The van der Waals surface area contributed by atoms with Gasteiger partial charge in [-0.2, -0.15) is 0 Å². The van der Waals surface area contributed by atoms with Gasteiger partial charge in [0.05, 0.1) is 0 Å². The van der Waals surface area contributed by atoms with Gasteiger partial charge in [0, 0.05) is 5.39 Å². The Labute approximate surface area is 160 Å². The van der Waals surface area contributed by atoms with Gasteiger partial charge in [-0.05, 0) is 71.7 Å². The van der Waals surface area contributed by atoms with Crippen LogP contribution in [0.1, 0.15) is 56.9 Å². The van der Waals surface area contributed by atoms with E-state index in [1.165, 1.54) is 50.2 Å². The third-order valence-electron chi connectivity index (χ3n) is 6.19. The van der Waals surface area contributed by atoms with Crippen molar-refractivity contribution in [2.75, 3.05) is 0 Å². The van der Waals surface area contributed by atoms with Crippen LogP contribution in [0.3, 0.4) is 0 Å². The van der Waals surface area contributed by atoms with E-state index in [4.69, 9.17) is 0 Å². The van der Waals surface area contributed by atoms with E-state index in [1.54, 1.807) is 12.1 Å². The van der Waals surface area contributed by atoms with Gasteiger partial charge in [0.1, 0.15) is 0 Å². The summed E-state index contributed by atoms with van der Waals surface area (Å²) < 4.78 is 14.0. The quantitative estimate of drug-likeness (QED) is 0.512. The molecule has 1 fully saturated rings. The topological polar surface area (TPSA) is 20.2 Å². The predicted octanol–water partition coefficient (Wildman–Crippen LogP) is 7.43. The molecule has 1 saturated carbocycles. The molecule has 0 spiro atoms. The molecule has 0 aliphatic heterocycles. The largest absolute Gasteiger partial charge is 0.505 e. The summed E-state index contributed by atoms with van der Waals surface area (Å²) in [6, 6.07) is 17.8. The normalized spacial score (nSPS) is 20.1. The fourth-order valence-electron chi connectivity index (χ4n) is 4.60. The molecule has 27 heavy (non-hydrogen) atoms. The highest BCUT2D eigenvalue weighted by Gasteiger charge is 2.21. The highest BCUT2D eigenvalue weighted by atomic mass is 19.1. The Morgan fingerprint density at radius 1 is 0.889 bits per heavy atom. The van der Waals surface area contributed by atoms with Crippen molar-refractivity contribution in [3.05, 3.63) is 66.0 Å². The Kier molecular flexibility index (Phi) is 5.15. The number of phenolic OH excluding ortho intramolecular Hbond substituents is 1. The lowest BCUT2D eigenvalue weighted by Crippen LogP contribution is -2.13. The first kappa shape index (κ1) is 18.0. The van der Waals surface area contributed by atoms with Crippen LogP contribution in [-0.2, 0) is 0 Å². The monoisotopic (exact) mass is 362 g/mol. The number of phenols is 1. The fourth-order valence-corrected chi connectivity index (χ4v) is 4.60. The molecule has 3 aromatic rings. The molecule has 0 heterocycles. The van der Waals surface area contributed by atoms with Crippen LogP contribution in [0.5, 0.6) is 5.75 Å². The molecule has 1 aliphatic rings. The van der Waals surface area contributed by atoms with Crippen LogP contribution in [0.15, 0.2) is 54.6 Å². The second kappa shape index (κ2) is 7.72. The molecule has 0 unspecified atom stereocenters. The van der Waals surface area contributed by atoms with Crippen LogP contribution >= 0.6 is 0 Å². The summed E-state index contributed by atoms with van der Waals surface area (Å²) in [6.45, 7) is 2.29. The zero-order valence-electron chi connectivity index (χ0n) is 15.9. The van der Waals surface area contributed by atoms with Crippen molar-refractivity contribution >= 4 is 10.8 Å². The number of hydrogen-bond acceptors (Lipinski definition) is 1. The zero-order chi connectivity index (χ0) is 18.8. The highest BCUT2D eigenvalue weighted by Crippen LogP contribution is 2.38. The molecule has 1 aliphatic carbocycles. The Morgan fingerprint density at radius 3 is 2.30 bits per heavy atom. The van der Waals surface area contributed by atoms with Gasteiger partial charge in [-0.25, -0.2) is 4.39 Å². The lowest BCUT2D eigenvalue weighted by atomic mass is 9.77. The van der Waals surface area contributed by atoms with Gasteiger partial charge in [0.15, 0.2) is 11.6 Å². The van der Waals surface area contributed by atoms with Crippen LogP contribution in [0.2, 0.25) is 0 Å². The average Bonchev–Trinajstić information content (AvgIpc) is 2.72. The summed E-state index contributed by atoms with van der Waals surface area (Å²) >= 11 is 0. The Bertz CT molecular complexity index is 921. The highest BCUT2D eigenvalue weighted by molar-refractivity contribution is 5.89.